The Labute approximate surface area is 129 Å². The van der Waals surface area contributed by atoms with E-state index in [1.807, 2.05) is 43.3 Å². The molecule has 2 aromatic carbocycles. The quantitative estimate of drug-likeness (QED) is 0.932. The Morgan fingerprint density at radius 2 is 2.14 bits per heavy atom. The maximum absolute atomic E-state index is 6.16. The van der Waals surface area contributed by atoms with Crippen LogP contribution in [0, 0.1) is 0 Å². The van der Waals surface area contributed by atoms with E-state index >= 15 is 0 Å². The topological polar surface area (TPSA) is 44.5 Å². The number of nitrogens with two attached hydrogens (primary N) is 1. The summed E-state index contributed by atoms with van der Waals surface area (Å²) < 4.78 is 11.6. The Hall–Kier alpha value is -1.71. The predicted molar refractivity (Wildman–Crippen MR) is 84.0 cm³/mol. The molecule has 3 rings (SSSR count). The van der Waals surface area contributed by atoms with Crippen LogP contribution in [0.3, 0.4) is 0 Å². The zero-order valence-corrected chi connectivity index (χ0v) is 12.7. The molecule has 0 spiro atoms. The highest BCUT2D eigenvalue weighted by molar-refractivity contribution is 6.30. The van der Waals surface area contributed by atoms with Gasteiger partial charge in [-0.2, -0.15) is 0 Å². The highest BCUT2D eigenvalue weighted by Crippen LogP contribution is 2.34. The molecule has 2 aromatic rings. The minimum Gasteiger partial charge on any atom is -0.493 e. The van der Waals surface area contributed by atoms with E-state index in [1.54, 1.807) is 0 Å². The zero-order chi connectivity index (χ0) is 14.8. The van der Waals surface area contributed by atoms with Crippen LogP contribution in [0.1, 0.15) is 29.7 Å². The lowest BCUT2D eigenvalue weighted by Gasteiger charge is -2.15. The average molecular weight is 304 g/mol. The molecule has 0 fully saturated rings. The first-order chi connectivity index (χ1) is 10.1. The van der Waals surface area contributed by atoms with E-state index < -0.39 is 0 Å². The molecule has 1 heterocycles. The van der Waals surface area contributed by atoms with Crippen molar-refractivity contribution in [2.45, 2.75) is 26.0 Å². The predicted octanol–water partition coefficient (Wildman–Crippen LogP) is 3.87. The van der Waals surface area contributed by atoms with E-state index in [4.69, 9.17) is 26.8 Å². The van der Waals surface area contributed by atoms with Gasteiger partial charge >= 0.3 is 0 Å². The van der Waals surface area contributed by atoms with Gasteiger partial charge in [-0.05, 0) is 30.7 Å². The van der Waals surface area contributed by atoms with Crippen LogP contribution in [0.2, 0.25) is 5.02 Å². The highest BCUT2D eigenvalue weighted by Gasteiger charge is 2.18. The number of hydrogen-bond acceptors (Lipinski definition) is 3. The molecule has 1 aliphatic rings. The van der Waals surface area contributed by atoms with Crippen molar-refractivity contribution in [3.63, 3.8) is 0 Å². The lowest BCUT2D eigenvalue weighted by molar-refractivity contribution is 0.288. The molecule has 0 saturated carbocycles. The van der Waals surface area contributed by atoms with Gasteiger partial charge in [0.2, 0.25) is 0 Å². The van der Waals surface area contributed by atoms with E-state index in [-0.39, 0.29) is 6.04 Å². The SMILES string of the molecule is CC(N)c1ccccc1OCc1cc(Cl)cc2c1OCC2. The molecule has 0 bridgehead atoms. The number of para-hydroxylation sites is 1. The van der Waals surface area contributed by atoms with Gasteiger partial charge in [0.05, 0.1) is 6.61 Å². The van der Waals surface area contributed by atoms with Crippen molar-refractivity contribution in [3.05, 3.63) is 58.1 Å². The fourth-order valence-electron chi connectivity index (χ4n) is 2.60. The largest absolute Gasteiger partial charge is 0.493 e. The fourth-order valence-corrected chi connectivity index (χ4v) is 2.86. The van der Waals surface area contributed by atoms with Crippen molar-refractivity contribution >= 4 is 11.6 Å². The van der Waals surface area contributed by atoms with Crippen LogP contribution >= 0.6 is 11.6 Å². The van der Waals surface area contributed by atoms with Gasteiger partial charge in [-0.1, -0.05) is 29.8 Å². The molecule has 21 heavy (non-hydrogen) atoms. The summed E-state index contributed by atoms with van der Waals surface area (Å²) in [4.78, 5) is 0. The fraction of sp³-hybridized carbons (Fsp3) is 0.294. The van der Waals surface area contributed by atoms with Gasteiger partial charge in [-0.15, -0.1) is 0 Å². The summed E-state index contributed by atoms with van der Waals surface area (Å²) in [5.74, 6) is 1.72. The molecule has 3 nitrogen and oxygen atoms in total. The Morgan fingerprint density at radius 3 is 2.95 bits per heavy atom. The van der Waals surface area contributed by atoms with Gasteiger partial charge in [0.25, 0.3) is 0 Å². The number of rotatable bonds is 4. The molecular formula is C17H18ClNO2. The van der Waals surface area contributed by atoms with Gasteiger partial charge in [0, 0.05) is 28.6 Å². The van der Waals surface area contributed by atoms with Crippen molar-refractivity contribution in [3.8, 4) is 11.5 Å². The summed E-state index contributed by atoms with van der Waals surface area (Å²) in [5, 5.41) is 0.721. The molecule has 1 unspecified atom stereocenters. The van der Waals surface area contributed by atoms with Crippen LogP contribution in [0.5, 0.6) is 11.5 Å². The van der Waals surface area contributed by atoms with Crippen LogP contribution in [0.25, 0.3) is 0 Å². The minimum atomic E-state index is -0.0671. The lowest BCUT2D eigenvalue weighted by atomic mass is 10.1. The van der Waals surface area contributed by atoms with Crippen molar-refractivity contribution in [2.24, 2.45) is 5.73 Å². The summed E-state index contributed by atoms with van der Waals surface area (Å²) in [6.45, 7) is 3.08. The summed E-state index contributed by atoms with van der Waals surface area (Å²) in [7, 11) is 0. The summed E-state index contributed by atoms with van der Waals surface area (Å²) >= 11 is 6.16. The first kappa shape index (κ1) is 14.2. The smallest absolute Gasteiger partial charge is 0.129 e. The van der Waals surface area contributed by atoms with E-state index in [2.05, 4.69) is 0 Å². The lowest BCUT2D eigenvalue weighted by Crippen LogP contribution is -2.08. The van der Waals surface area contributed by atoms with Crippen LogP contribution in [-0.2, 0) is 13.0 Å². The number of ether oxygens (including phenoxy) is 2. The molecule has 0 amide bonds. The maximum atomic E-state index is 6.16. The first-order valence-corrected chi connectivity index (χ1v) is 7.44. The van der Waals surface area contributed by atoms with Gasteiger partial charge in [0.15, 0.2) is 0 Å². The Bertz CT molecular complexity index is 655. The van der Waals surface area contributed by atoms with Crippen LogP contribution < -0.4 is 15.2 Å². The van der Waals surface area contributed by atoms with E-state index in [9.17, 15) is 0 Å². The molecular weight excluding hydrogens is 286 g/mol. The van der Waals surface area contributed by atoms with Gasteiger partial charge in [-0.25, -0.2) is 0 Å². The Morgan fingerprint density at radius 1 is 1.33 bits per heavy atom. The third-order valence-electron chi connectivity index (χ3n) is 3.62. The molecule has 2 N–H and O–H groups in total. The average Bonchev–Trinajstić information content (AvgIpc) is 2.93. The molecule has 4 heteroatoms. The normalized spacial score (nSPS) is 14.4. The van der Waals surface area contributed by atoms with Crippen LogP contribution in [0.15, 0.2) is 36.4 Å². The Balaban J connectivity index is 1.83. The molecule has 0 aliphatic carbocycles. The van der Waals surface area contributed by atoms with Crippen LogP contribution in [-0.4, -0.2) is 6.61 Å². The highest BCUT2D eigenvalue weighted by atomic mass is 35.5. The minimum absolute atomic E-state index is 0.0671. The second-order valence-electron chi connectivity index (χ2n) is 5.27. The standard InChI is InChI=1S/C17H18ClNO2/c1-11(19)15-4-2-3-5-16(15)21-10-13-9-14(18)8-12-6-7-20-17(12)13/h2-5,8-9,11H,6-7,10,19H2,1H3. The van der Waals surface area contributed by atoms with E-state index in [0.29, 0.717) is 13.2 Å². The number of fused-ring (bicyclic) bond motifs is 1. The zero-order valence-electron chi connectivity index (χ0n) is 11.9. The van der Waals surface area contributed by atoms with Gasteiger partial charge in [0.1, 0.15) is 18.1 Å². The van der Waals surface area contributed by atoms with E-state index in [1.165, 1.54) is 0 Å². The first-order valence-electron chi connectivity index (χ1n) is 7.06. The molecule has 0 radical (unpaired) electrons. The molecule has 0 saturated heterocycles. The molecule has 110 valence electrons. The second-order valence-corrected chi connectivity index (χ2v) is 5.70. The third kappa shape index (κ3) is 2.99. The third-order valence-corrected chi connectivity index (χ3v) is 3.84. The maximum Gasteiger partial charge on any atom is 0.129 e. The van der Waals surface area contributed by atoms with Crippen molar-refractivity contribution in [1.82, 2.24) is 0 Å². The van der Waals surface area contributed by atoms with Crippen LogP contribution in [0.4, 0.5) is 0 Å². The summed E-state index contributed by atoms with van der Waals surface area (Å²) in [5.41, 5.74) is 9.10. The molecule has 1 aliphatic heterocycles. The number of benzene rings is 2. The second kappa shape index (κ2) is 5.96. The summed E-state index contributed by atoms with van der Waals surface area (Å²) in [6, 6.07) is 11.6. The van der Waals surface area contributed by atoms with Crippen molar-refractivity contribution in [2.75, 3.05) is 6.61 Å². The van der Waals surface area contributed by atoms with Gasteiger partial charge in [-0.3, -0.25) is 0 Å². The number of hydrogen-bond donors (Lipinski definition) is 1. The monoisotopic (exact) mass is 303 g/mol. The molecule has 0 aromatic heterocycles. The summed E-state index contributed by atoms with van der Waals surface area (Å²) in [6.07, 6.45) is 0.902. The Kier molecular flexibility index (Phi) is 4.04. The van der Waals surface area contributed by atoms with Gasteiger partial charge < -0.3 is 15.2 Å². The molecule has 1 atom stereocenters. The van der Waals surface area contributed by atoms with Crippen molar-refractivity contribution in [1.29, 1.82) is 0 Å². The van der Waals surface area contributed by atoms with E-state index in [0.717, 1.165) is 39.6 Å². The van der Waals surface area contributed by atoms with Crippen molar-refractivity contribution < 1.29 is 9.47 Å². The number of halogens is 1.